The standard InChI is InChI=1S/C17H12Cl2N2O4/c1-9(16(22)21-13-5-3-11(18)7-12(13)19)25-17(23)10-2-4-14-15(6-10)24-8-20-14/h2-9H,1H3,(H,21,22). The highest BCUT2D eigenvalue weighted by molar-refractivity contribution is 6.36. The number of nitrogens with one attached hydrogen (secondary N) is 1. The quantitative estimate of drug-likeness (QED) is 0.683. The number of hydrogen-bond acceptors (Lipinski definition) is 5. The number of hydrogen-bond donors (Lipinski definition) is 1. The Morgan fingerprint density at radius 1 is 1.20 bits per heavy atom. The number of carbonyl (C=O) groups excluding carboxylic acids is 2. The molecule has 0 bridgehead atoms. The predicted octanol–water partition coefficient (Wildman–Crippen LogP) is 4.32. The lowest BCUT2D eigenvalue weighted by Gasteiger charge is -2.14. The van der Waals surface area contributed by atoms with Gasteiger partial charge in [-0.2, -0.15) is 0 Å². The fourth-order valence-corrected chi connectivity index (χ4v) is 2.55. The van der Waals surface area contributed by atoms with Gasteiger partial charge in [0.1, 0.15) is 5.52 Å². The first kappa shape index (κ1) is 17.3. The third-order valence-corrected chi connectivity index (χ3v) is 3.96. The van der Waals surface area contributed by atoms with Crippen LogP contribution >= 0.6 is 23.2 Å². The average molecular weight is 379 g/mol. The van der Waals surface area contributed by atoms with Crippen LogP contribution in [0.5, 0.6) is 0 Å². The van der Waals surface area contributed by atoms with Gasteiger partial charge in [0, 0.05) is 5.02 Å². The monoisotopic (exact) mass is 378 g/mol. The Kier molecular flexibility index (Phi) is 4.92. The number of fused-ring (bicyclic) bond motifs is 1. The molecule has 0 saturated carbocycles. The second kappa shape index (κ2) is 7.13. The van der Waals surface area contributed by atoms with Gasteiger partial charge in [-0.1, -0.05) is 23.2 Å². The molecule has 0 radical (unpaired) electrons. The number of benzene rings is 2. The maximum absolute atomic E-state index is 12.2. The summed E-state index contributed by atoms with van der Waals surface area (Å²) in [6.07, 6.45) is 0.260. The molecule has 0 aliphatic rings. The molecular formula is C17H12Cl2N2O4. The van der Waals surface area contributed by atoms with Crippen LogP contribution in [-0.4, -0.2) is 23.0 Å². The van der Waals surface area contributed by atoms with E-state index in [2.05, 4.69) is 10.3 Å². The van der Waals surface area contributed by atoms with Crippen molar-refractivity contribution in [3.8, 4) is 0 Å². The van der Waals surface area contributed by atoms with E-state index in [1.807, 2.05) is 0 Å². The number of amides is 1. The molecule has 8 heteroatoms. The van der Waals surface area contributed by atoms with Gasteiger partial charge in [-0.25, -0.2) is 9.78 Å². The summed E-state index contributed by atoms with van der Waals surface area (Å²) in [5, 5.41) is 3.32. The largest absolute Gasteiger partial charge is 0.449 e. The second-order valence-corrected chi connectivity index (χ2v) is 6.04. The van der Waals surface area contributed by atoms with Crippen LogP contribution in [0.2, 0.25) is 10.0 Å². The molecule has 0 aliphatic carbocycles. The van der Waals surface area contributed by atoms with Crippen molar-refractivity contribution >= 4 is 51.9 Å². The minimum absolute atomic E-state index is 0.258. The minimum atomic E-state index is -1.02. The Morgan fingerprint density at radius 2 is 2.00 bits per heavy atom. The van der Waals surface area contributed by atoms with E-state index < -0.39 is 18.0 Å². The summed E-state index contributed by atoms with van der Waals surface area (Å²) >= 11 is 11.8. The van der Waals surface area contributed by atoms with Crippen molar-refractivity contribution in [2.24, 2.45) is 0 Å². The van der Waals surface area contributed by atoms with Gasteiger partial charge in [-0.3, -0.25) is 4.79 Å². The highest BCUT2D eigenvalue weighted by Crippen LogP contribution is 2.25. The van der Waals surface area contributed by atoms with Crippen LogP contribution in [0, 0.1) is 0 Å². The Hall–Kier alpha value is -2.57. The molecular weight excluding hydrogens is 367 g/mol. The smallest absolute Gasteiger partial charge is 0.339 e. The summed E-state index contributed by atoms with van der Waals surface area (Å²) in [6, 6.07) is 9.34. The molecule has 1 unspecified atom stereocenters. The summed E-state index contributed by atoms with van der Waals surface area (Å²) < 4.78 is 10.3. The first-order chi connectivity index (χ1) is 11.9. The average Bonchev–Trinajstić information content (AvgIpc) is 3.04. The van der Waals surface area contributed by atoms with Crippen LogP contribution in [-0.2, 0) is 9.53 Å². The maximum Gasteiger partial charge on any atom is 0.339 e. The molecule has 0 spiro atoms. The summed E-state index contributed by atoms with van der Waals surface area (Å²) in [5.41, 5.74) is 1.72. The van der Waals surface area contributed by atoms with Crippen LogP contribution in [0.3, 0.4) is 0 Å². The van der Waals surface area contributed by atoms with Crippen LogP contribution < -0.4 is 5.32 Å². The highest BCUT2D eigenvalue weighted by Gasteiger charge is 2.20. The Balaban J connectivity index is 1.66. The molecule has 0 aliphatic heterocycles. The number of halogens is 2. The second-order valence-electron chi connectivity index (χ2n) is 5.20. The van der Waals surface area contributed by atoms with E-state index in [9.17, 15) is 9.59 Å². The third-order valence-electron chi connectivity index (χ3n) is 3.41. The number of esters is 1. The first-order valence-electron chi connectivity index (χ1n) is 7.24. The van der Waals surface area contributed by atoms with E-state index in [0.29, 0.717) is 21.8 Å². The molecule has 0 saturated heterocycles. The first-order valence-corrected chi connectivity index (χ1v) is 8.00. The Bertz CT molecular complexity index is 955. The topological polar surface area (TPSA) is 81.4 Å². The fourth-order valence-electron chi connectivity index (χ4n) is 2.09. The van der Waals surface area contributed by atoms with Crippen molar-refractivity contribution in [2.45, 2.75) is 13.0 Å². The zero-order valence-corrected chi connectivity index (χ0v) is 14.5. The number of carbonyl (C=O) groups is 2. The van der Waals surface area contributed by atoms with E-state index in [0.717, 1.165) is 0 Å². The number of aromatic nitrogens is 1. The van der Waals surface area contributed by atoms with E-state index >= 15 is 0 Å². The number of ether oxygens (including phenoxy) is 1. The lowest BCUT2D eigenvalue weighted by Crippen LogP contribution is -2.30. The van der Waals surface area contributed by atoms with E-state index in [-0.39, 0.29) is 10.6 Å². The van der Waals surface area contributed by atoms with Gasteiger partial charge >= 0.3 is 5.97 Å². The van der Waals surface area contributed by atoms with Crippen LogP contribution in [0.1, 0.15) is 17.3 Å². The molecule has 1 amide bonds. The molecule has 3 aromatic rings. The fraction of sp³-hybridized carbons (Fsp3) is 0.118. The van der Waals surface area contributed by atoms with E-state index in [1.165, 1.54) is 25.5 Å². The summed E-state index contributed by atoms with van der Waals surface area (Å²) in [6.45, 7) is 1.46. The lowest BCUT2D eigenvalue weighted by atomic mass is 10.2. The minimum Gasteiger partial charge on any atom is -0.449 e. The van der Waals surface area contributed by atoms with Crippen LogP contribution in [0.25, 0.3) is 11.1 Å². The van der Waals surface area contributed by atoms with Crippen molar-refractivity contribution in [2.75, 3.05) is 5.32 Å². The van der Waals surface area contributed by atoms with Crippen molar-refractivity contribution in [3.05, 3.63) is 58.4 Å². The number of oxazole rings is 1. The zero-order chi connectivity index (χ0) is 18.0. The number of rotatable bonds is 4. The molecule has 3 rings (SSSR count). The van der Waals surface area contributed by atoms with Crippen LogP contribution in [0.4, 0.5) is 5.69 Å². The summed E-state index contributed by atoms with van der Waals surface area (Å²) in [7, 11) is 0. The Labute approximate surface area is 152 Å². The van der Waals surface area contributed by atoms with Crippen LogP contribution in [0.15, 0.2) is 47.2 Å². The SMILES string of the molecule is CC(OC(=O)c1ccc2ncoc2c1)C(=O)Nc1ccc(Cl)cc1Cl. The molecule has 1 N–H and O–H groups in total. The van der Waals surface area contributed by atoms with Crippen molar-refractivity contribution in [1.29, 1.82) is 0 Å². The van der Waals surface area contributed by atoms with Gasteiger partial charge in [0.05, 0.1) is 16.3 Å². The Morgan fingerprint density at radius 3 is 2.76 bits per heavy atom. The zero-order valence-electron chi connectivity index (χ0n) is 13.0. The molecule has 1 heterocycles. The number of anilines is 1. The summed E-state index contributed by atoms with van der Waals surface area (Å²) in [4.78, 5) is 28.3. The van der Waals surface area contributed by atoms with Crippen molar-refractivity contribution in [3.63, 3.8) is 0 Å². The molecule has 6 nitrogen and oxygen atoms in total. The third kappa shape index (κ3) is 3.92. The van der Waals surface area contributed by atoms with E-state index in [1.54, 1.807) is 24.3 Å². The van der Waals surface area contributed by atoms with Crippen molar-refractivity contribution < 1.29 is 18.7 Å². The van der Waals surface area contributed by atoms with Gasteiger partial charge in [0.15, 0.2) is 18.1 Å². The molecule has 2 aromatic carbocycles. The molecule has 1 atom stereocenters. The van der Waals surface area contributed by atoms with Crippen molar-refractivity contribution in [1.82, 2.24) is 4.98 Å². The van der Waals surface area contributed by atoms with Gasteiger partial charge in [-0.15, -0.1) is 0 Å². The molecule has 1 aromatic heterocycles. The molecule has 128 valence electrons. The van der Waals surface area contributed by atoms with E-state index in [4.69, 9.17) is 32.4 Å². The van der Waals surface area contributed by atoms with Gasteiger partial charge in [-0.05, 0) is 43.3 Å². The van der Waals surface area contributed by atoms with Gasteiger partial charge in [0.2, 0.25) is 0 Å². The summed E-state index contributed by atoms with van der Waals surface area (Å²) in [5.74, 6) is -1.17. The molecule has 0 fully saturated rings. The highest BCUT2D eigenvalue weighted by atomic mass is 35.5. The maximum atomic E-state index is 12.2. The van der Waals surface area contributed by atoms with Gasteiger partial charge in [0.25, 0.3) is 5.91 Å². The normalized spacial score (nSPS) is 12.0. The van der Waals surface area contributed by atoms with Gasteiger partial charge < -0.3 is 14.5 Å². The lowest BCUT2D eigenvalue weighted by molar-refractivity contribution is -0.123. The number of nitrogens with zero attached hydrogens (tertiary/aromatic N) is 1. The molecule has 25 heavy (non-hydrogen) atoms. The predicted molar refractivity (Wildman–Crippen MR) is 94.0 cm³/mol.